The summed E-state index contributed by atoms with van der Waals surface area (Å²) < 4.78 is 42.4. The molecule has 2 amide bonds. The first kappa shape index (κ1) is 20.1. The number of aromatic nitrogens is 2. The number of rotatable bonds is 6. The Hall–Kier alpha value is -2.60. The lowest BCUT2D eigenvalue weighted by Crippen LogP contribution is -2.33. The van der Waals surface area contributed by atoms with Gasteiger partial charge in [-0.1, -0.05) is 11.3 Å². The Labute approximate surface area is 164 Å². The molecule has 0 bridgehead atoms. The summed E-state index contributed by atoms with van der Waals surface area (Å²) in [6.07, 6.45) is -0.0765. The normalized spacial score (nSPS) is 16.9. The van der Waals surface area contributed by atoms with Gasteiger partial charge in [-0.2, -0.15) is 0 Å². The first-order chi connectivity index (χ1) is 13.1. The lowest BCUT2D eigenvalue weighted by molar-refractivity contribution is -0.119. The van der Waals surface area contributed by atoms with Crippen LogP contribution in [0.5, 0.6) is 0 Å². The number of carbonyl (C=O) groups excluding carboxylic acids is 2. The zero-order chi connectivity index (χ0) is 20.5. The van der Waals surface area contributed by atoms with E-state index < -0.39 is 27.9 Å². The average molecular weight is 428 g/mol. The van der Waals surface area contributed by atoms with Crippen molar-refractivity contribution in [2.75, 3.05) is 24.2 Å². The highest BCUT2D eigenvalue weighted by Crippen LogP contribution is 2.31. The summed E-state index contributed by atoms with van der Waals surface area (Å²) in [5.74, 6) is -1.13. The third-order valence-electron chi connectivity index (χ3n) is 3.80. The molecule has 0 aliphatic carbocycles. The molecule has 2 aromatic rings. The molecule has 150 valence electrons. The van der Waals surface area contributed by atoms with E-state index in [1.54, 1.807) is 0 Å². The van der Waals surface area contributed by atoms with Gasteiger partial charge >= 0.3 is 6.09 Å². The Balaban J connectivity index is 1.76. The van der Waals surface area contributed by atoms with Gasteiger partial charge < -0.3 is 10.1 Å². The minimum Gasteiger partial charge on any atom is -0.442 e. The quantitative estimate of drug-likeness (QED) is 0.738. The maximum Gasteiger partial charge on any atom is 0.414 e. The van der Waals surface area contributed by atoms with Gasteiger partial charge in [0, 0.05) is 18.7 Å². The highest BCUT2D eigenvalue weighted by molar-refractivity contribution is 7.90. The molecular weight excluding hydrogens is 411 g/mol. The van der Waals surface area contributed by atoms with Gasteiger partial charge in [0.15, 0.2) is 14.8 Å². The number of sulfone groups is 1. The molecule has 2 heterocycles. The molecule has 1 saturated heterocycles. The number of nitrogens with one attached hydrogen (secondary N) is 1. The summed E-state index contributed by atoms with van der Waals surface area (Å²) in [6.45, 7) is 1.71. The van der Waals surface area contributed by atoms with Crippen molar-refractivity contribution in [1.29, 1.82) is 0 Å². The zero-order valence-corrected chi connectivity index (χ0v) is 16.6. The average Bonchev–Trinajstić information content (AvgIpc) is 3.18. The van der Waals surface area contributed by atoms with Crippen LogP contribution in [0, 0.1) is 5.82 Å². The van der Waals surface area contributed by atoms with Gasteiger partial charge in [0.05, 0.1) is 18.8 Å². The van der Waals surface area contributed by atoms with Crippen LogP contribution in [0.4, 0.5) is 14.9 Å². The van der Waals surface area contributed by atoms with Crippen LogP contribution in [-0.4, -0.2) is 56.1 Å². The van der Waals surface area contributed by atoms with Gasteiger partial charge in [-0.25, -0.2) is 17.6 Å². The number of amides is 2. The van der Waals surface area contributed by atoms with E-state index in [4.69, 9.17) is 4.74 Å². The summed E-state index contributed by atoms with van der Waals surface area (Å²) in [5.41, 5.74) is 0.459. The Kier molecular flexibility index (Phi) is 5.61. The molecule has 1 aromatic carbocycles. The third kappa shape index (κ3) is 4.81. The van der Waals surface area contributed by atoms with Crippen LogP contribution in [0.25, 0.3) is 10.6 Å². The van der Waals surface area contributed by atoms with Crippen molar-refractivity contribution >= 4 is 38.9 Å². The van der Waals surface area contributed by atoms with Crippen LogP contribution < -0.4 is 10.2 Å². The van der Waals surface area contributed by atoms with E-state index in [0.717, 1.165) is 17.6 Å². The lowest BCUT2D eigenvalue weighted by Gasteiger charge is -2.14. The van der Waals surface area contributed by atoms with Crippen LogP contribution in [0.3, 0.4) is 0 Å². The Morgan fingerprint density at radius 2 is 2.18 bits per heavy atom. The lowest BCUT2D eigenvalue weighted by atomic mass is 10.2. The van der Waals surface area contributed by atoms with E-state index in [-0.39, 0.29) is 40.3 Å². The number of carbonyl (C=O) groups is 2. The monoisotopic (exact) mass is 428 g/mol. The Morgan fingerprint density at radius 1 is 1.43 bits per heavy atom. The fourth-order valence-electron chi connectivity index (χ4n) is 2.59. The van der Waals surface area contributed by atoms with Gasteiger partial charge in [-0.05, 0) is 18.2 Å². The van der Waals surface area contributed by atoms with Crippen molar-refractivity contribution < 1.29 is 27.1 Å². The number of halogens is 1. The predicted octanol–water partition coefficient (Wildman–Crippen LogP) is 1.35. The van der Waals surface area contributed by atoms with Crippen molar-refractivity contribution in [2.24, 2.45) is 0 Å². The topological polar surface area (TPSA) is 119 Å². The molecule has 1 atom stereocenters. The van der Waals surface area contributed by atoms with Crippen molar-refractivity contribution in [3.8, 4) is 10.6 Å². The summed E-state index contributed by atoms with van der Waals surface area (Å²) in [6, 6.07) is 4.16. The zero-order valence-electron chi connectivity index (χ0n) is 15.0. The van der Waals surface area contributed by atoms with Gasteiger partial charge in [0.25, 0.3) is 0 Å². The second-order valence-electron chi connectivity index (χ2n) is 6.29. The molecule has 12 heteroatoms. The number of hydrogen-bond acceptors (Lipinski definition) is 8. The van der Waals surface area contributed by atoms with Crippen molar-refractivity contribution in [2.45, 2.75) is 18.8 Å². The van der Waals surface area contributed by atoms with Crippen molar-refractivity contribution in [1.82, 2.24) is 15.5 Å². The highest BCUT2D eigenvalue weighted by Gasteiger charge is 2.32. The van der Waals surface area contributed by atoms with E-state index in [0.29, 0.717) is 5.69 Å². The van der Waals surface area contributed by atoms with E-state index in [9.17, 15) is 22.4 Å². The maximum atomic E-state index is 14.6. The predicted molar refractivity (Wildman–Crippen MR) is 100 cm³/mol. The number of hydrogen-bond donors (Lipinski definition) is 1. The van der Waals surface area contributed by atoms with E-state index in [1.807, 2.05) is 0 Å². The highest BCUT2D eigenvalue weighted by atomic mass is 32.2. The van der Waals surface area contributed by atoms with Crippen LogP contribution in [0.15, 0.2) is 18.2 Å². The standard InChI is InChI=1S/C16H17FN4O5S2/c1-9(22)18-6-11-7-21(16(23)26-11)10-3-4-12(13(17)5-10)15-20-19-14(27-15)8-28(2,24)25/h3-5,11H,6-8H2,1-2H3,(H,18,22)/t11-/m0/s1. The SMILES string of the molecule is CC(=O)NC[C@H]1CN(c2ccc(-c3nnc(CS(C)(=O)=O)s3)c(F)c2)C(=O)O1. The number of ether oxygens (including phenoxy) is 1. The van der Waals surface area contributed by atoms with Crippen LogP contribution in [0.2, 0.25) is 0 Å². The minimum atomic E-state index is -3.27. The first-order valence-corrected chi connectivity index (χ1v) is 11.0. The van der Waals surface area contributed by atoms with Crippen LogP contribution in [0.1, 0.15) is 11.9 Å². The minimum absolute atomic E-state index is 0.156. The Bertz CT molecular complexity index is 1020. The van der Waals surface area contributed by atoms with Gasteiger partial charge in [0.1, 0.15) is 22.7 Å². The summed E-state index contributed by atoms with van der Waals surface area (Å²) >= 11 is 0.989. The molecule has 0 radical (unpaired) electrons. The van der Waals surface area contributed by atoms with Crippen LogP contribution >= 0.6 is 11.3 Å². The molecule has 1 aliphatic rings. The molecule has 28 heavy (non-hydrogen) atoms. The summed E-state index contributed by atoms with van der Waals surface area (Å²) in [7, 11) is -3.27. The molecule has 1 fully saturated rings. The number of nitrogens with zero attached hydrogens (tertiary/aromatic N) is 3. The van der Waals surface area contributed by atoms with E-state index in [2.05, 4.69) is 15.5 Å². The second-order valence-corrected chi connectivity index (χ2v) is 9.49. The molecule has 0 saturated carbocycles. The summed E-state index contributed by atoms with van der Waals surface area (Å²) in [5, 5.41) is 10.7. The number of anilines is 1. The molecule has 1 aliphatic heterocycles. The number of cyclic esters (lactones) is 1. The molecule has 1 N–H and O–H groups in total. The van der Waals surface area contributed by atoms with E-state index >= 15 is 0 Å². The molecule has 3 rings (SSSR count). The maximum absolute atomic E-state index is 14.6. The molecule has 1 aromatic heterocycles. The molecule has 0 spiro atoms. The fourth-order valence-corrected chi connectivity index (χ4v) is 4.63. The van der Waals surface area contributed by atoms with Gasteiger partial charge in [-0.3, -0.25) is 9.69 Å². The van der Waals surface area contributed by atoms with Gasteiger partial charge in [-0.15, -0.1) is 10.2 Å². The molecular formula is C16H17FN4O5S2. The van der Waals surface area contributed by atoms with Crippen molar-refractivity contribution in [3.63, 3.8) is 0 Å². The van der Waals surface area contributed by atoms with Crippen LogP contribution in [-0.2, 0) is 25.1 Å². The first-order valence-electron chi connectivity index (χ1n) is 8.15. The summed E-state index contributed by atoms with van der Waals surface area (Å²) in [4.78, 5) is 24.3. The van der Waals surface area contributed by atoms with E-state index in [1.165, 1.54) is 30.0 Å². The smallest absolute Gasteiger partial charge is 0.414 e. The Morgan fingerprint density at radius 3 is 2.82 bits per heavy atom. The largest absolute Gasteiger partial charge is 0.442 e. The van der Waals surface area contributed by atoms with Gasteiger partial charge in [0.2, 0.25) is 5.91 Å². The second kappa shape index (κ2) is 7.80. The fraction of sp³-hybridized carbons (Fsp3) is 0.375. The number of benzene rings is 1. The molecule has 0 unspecified atom stereocenters. The van der Waals surface area contributed by atoms with Crippen molar-refractivity contribution in [3.05, 3.63) is 29.0 Å². The third-order valence-corrected chi connectivity index (χ3v) is 5.74. The molecule has 9 nitrogen and oxygen atoms in total.